The quantitative estimate of drug-likeness (QED) is 0.503. The molecule has 0 radical (unpaired) electrons. The highest BCUT2D eigenvalue weighted by atomic mass is 19.1. The van der Waals surface area contributed by atoms with E-state index in [1.54, 1.807) is 72.8 Å². The van der Waals surface area contributed by atoms with Crippen molar-refractivity contribution in [1.29, 1.82) is 0 Å². The summed E-state index contributed by atoms with van der Waals surface area (Å²) in [5.41, 5.74) is 1.09. The van der Waals surface area contributed by atoms with Crippen molar-refractivity contribution in [2.45, 2.75) is 6.61 Å². The number of halogens is 1. The Morgan fingerprint density at radius 3 is 2.42 bits per heavy atom. The average Bonchev–Trinajstić information content (AvgIpc) is 2.77. The Balaban J connectivity index is 1.58. The molecule has 1 heterocycles. The molecule has 0 unspecified atom stereocenters. The zero-order chi connectivity index (χ0) is 21.8. The number of nitrogens with zero attached hydrogens (tertiary/aromatic N) is 1. The Morgan fingerprint density at radius 2 is 1.65 bits per heavy atom. The molecular weight excluding hydrogens is 399 g/mol. The number of carbonyl (C=O) groups is 3. The lowest BCUT2D eigenvalue weighted by molar-refractivity contribution is -0.122. The normalized spacial score (nSPS) is 15.2. The third-order valence-corrected chi connectivity index (χ3v) is 4.64. The van der Waals surface area contributed by atoms with Crippen LogP contribution in [0.15, 0.2) is 84.4 Å². The fourth-order valence-electron chi connectivity index (χ4n) is 3.11. The minimum absolute atomic E-state index is 0.0302. The van der Waals surface area contributed by atoms with E-state index in [0.29, 0.717) is 22.6 Å². The van der Waals surface area contributed by atoms with Crippen LogP contribution in [0.2, 0.25) is 0 Å². The van der Waals surface area contributed by atoms with Crippen molar-refractivity contribution in [2.24, 2.45) is 0 Å². The molecule has 1 aliphatic rings. The maximum atomic E-state index is 13.8. The SMILES string of the molecule is O=C1NC(=O)N(c2ccccc2)C(=O)/C1=C/c1cccc(OCc2ccccc2F)c1. The number of barbiturate groups is 1. The van der Waals surface area contributed by atoms with Crippen LogP contribution < -0.4 is 15.0 Å². The molecular formula is C24H17FN2O4. The van der Waals surface area contributed by atoms with Gasteiger partial charge < -0.3 is 4.74 Å². The van der Waals surface area contributed by atoms with Crippen LogP contribution in [-0.4, -0.2) is 17.8 Å². The van der Waals surface area contributed by atoms with Gasteiger partial charge >= 0.3 is 6.03 Å². The zero-order valence-corrected chi connectivity index (χ0v) is 16.2. The summed E-state index contributed by atoms with van der Waals surface area (Å²) in [7, 11) is 0. The highest BCUT2D eigenvalue weighted by Gasteiger charge is 2.36. The standard InChI is InChI=1S/C24H17FN2O4/c25-21-12-5-4-8-17(21)15-31-19-11-6-7-16(13-19)14-20-22(28)26-24(30)27(23(20)29)18-9-2-1-3-10-18/h1-14H,15H2,(H,26,28,30)/b20-14+. The molecule has 3 aromatic rings. The van der Waals surface area contributed by atoms with E-state index in [1.807, 2.05) is 0 Å². The number of rotatable bonds is 5. The first-order valence-electron chi connectivity index (χ1n) is 9.46. The van der Waals surface area contributed by atoms with Gasteiger partial charge in [0.1, 0.15) is 23.7 Å². The zero-order valence-electron chi connectivity index (χ0n) is 16.2. The molecule has 1 saturated heterocycles. The van der Waals surface area contributed by atoms with E-state index in [1.165, 1.54) is 12.1 Å². The number of nitrogens with one attached hydrogen (secondary N) is 1. The summed E-state index contributed by atoms with van der Waals surface area (Å²) in [6.07, 6.45) is 1.38. The van der Waals surface area contributed by atoms with Gasteiger partial charge in [-0.3, -0.25) is 14.9 Å². The summed E-state index contributed by atoms with van der Waals surface area (Å²) >= 11 is 0. The second-order valence-electron chi connectivity index (χ2n) is 6.75. The van der Waals surface area contributed by atoms with Crippen molar-refractivity contribution in [2.75, 3.05) is 4.90 Å². The highest BCUT2D eigenvalue weighted by molar-refractivity contribution is 6.39. The Kier molecular flexibility index (Phi) is 5.57. The van der Waals surface area contributed by atoms with E-state index in [4.69, 9.17) is 4.74 Å². The van der Waals surface area contributed by atoms with Gasteiger partial charge in [0.25, 0.3) is 11.8 Å². The molecule has 0 spiro atoms. The maximum Gasteiger partial charge on any atom is 0.335 e. The first-order chi connectivity index (χ1) is 15.0. The summed E-state index contributed by atoms with van der Waals surface area (Å²) in [6, 6.07) is 20.5. The Hall–Kier alpha value is -4.26. The molecule has 4 rings (SSSR count). The Morgan fingerprint density at radius 1 is 0.903 bits per heavy atom. The summed E-state index contributed by atoms with van der Waals surface area (Å²) in [6.45, 7) is 0.0302. The van der Waals surface area contributed by atoms with Crippen molar-refractivity contribution in [3.05, 3.63) is 101 Å². The molecule has 0 atom stereocenters. The monoisotopic (exact) mass is 416 g/mol. The van der Waals surface area contributed by atoms with Gasteiger partial charge in [-0.05, 0) is 42.0 Å². The van der Waals surface area contributed by atoms with Crippen molar-refractivity contribution >= 4 is 29.6 Å². The average molecular weight is 416 g/mol. The van der Waals surface area contributed by atoms with E-state index < -0.39 is 17.8 Å². The van der Waals surface area contributed by atoms with Gasteiger partial charge in [0.05, 0.1) is 5.69 Å². The number of anilines is 1. The topological polar surface area (TPSA) is 75.7 Å². The third-order valence-electron chi connectivity index (χ3n) is 4.64. The van der Waals surface area contributed by atoms with E-state index in [-0.39, 0.29) is 18.0 Å². The van der Waals surface area contributed by atoms with E-state index in [9.17, 15) is 18.8 Å². The molecule has 1 N–H and O–H groups in total. The second-order valence-corrected chi connectivity index (χ2v) is 6.75. The number of para-hydroxylation sites is 1. The number of imide groups is 2. The lowest BCUT2D eigenvalue weighted by Crippen LogP contribution is -2.54. The molecule has 1 aliphatic heterocycles. The van der Waals surface area contributed by atoms with Crippen LogP contribution in [0.1, 0.15) is 11.1 Å². The molecule has 154 valence electrons. The molecule has 1 fully saturated rings. The smallest absolute Gasteiger partial charge is 0.335 e. The van der Waals surface area contributed by atoms with Gasteiger partial charge in [0.15, 0.2) is 0 Å². The number of amides is 4. The summed E-state index contributed by atoms with van der Waals surface area (Å²) in [5.74, 6) is -1.43. The van der Waals surface area contributed by atoms with Crippen LogP contribution in [0.5, 0.6) is 5.75 Å². The summed E-state index contributed by atoms with van der Waals surface area (Å²) in [4.78, 5) is 38.3. The Labute approximate surface area is 177 Å². The minimum Gasteiger partial charge on any atom is -0.489 e. The number of benzene rings is 3. The van der Waals surface area contributed by atoms with Crippen molar-refractivity contribution < 1.29 is 23.5 Å². The van der Waals surface area contributed by atoms with Gasteiger partial charge in [0.2, 0.25) is 0 Å². The van der Waals surface area contributed by atoms with Gasteiger partial charge in [-0.1, -0.05) is 48.5 Å². The number of ether oxygens (including phenoxy) is 1. The number of urea groups is 1. The van der Waals surface area contributed by atoms with Crippen LogP contribution in [0.3, 0.4) is 0 Å². The Bertz CT molecular complexity index is 1190. The fraction of sp³-hybridized carbons (Fsp3) is 0.0417. The highest BCUT2D eigenvalue weighted by Crippen LogP contribution is 2.23. The molecule has 31 heavy (non-hydrogen) atoms. The minimum atomic E-state index is -0.805. The molecule has 0 bridgehead atoms. The van der Waals surface area contributed by atoms with E-state index >= 15 is 0 Å². The summed E-state index contributed by atoms with van der Waals surface area (Å²) < 4.78 is 19.4. The number of hydrogen-bond acceptors (Lipinski definition) is 4. The number of carbonyl (C=O) groups excluding carboxylic acids is 3. The fourth-order valence-corrected chi connectivity index (χ4v) is 3.11. The van der Waals surface area contributed by atoms with Crippen molar-refractivity contribution in [3.8, 4) is 5.75 Å². The van der Waals surface area contributed by atoms with Crippen LogP contribution in [0.4, 0.5) is 14.9 Å². The third kappa shape index (κ3) is 4.35. The molecule has 0 aliphatic carbocycles. The molecule has 0 saturated carbocycles. The second kappa shape index (κ2) is 8.62. The first kappa shape index (κ1) is 20.0. The van der Waals surface area contributed by atoms with Gasteiger partial charge in [0, 0.05) is 5.56 Å². The molecule has 0 aromatic heterocycles. The largest absolute Gasteiger partial charge is 0.489 e. The van der Waals surface area contributed by atoms with E-state index in [2.05, 4.69) is 5.32 Å². The molecule has 4 amide bonds. The van der Waals surface area contributed by atoms with Crippen molar-refractivity contribution in [1.82, 2.24) is 5.32 Å². The lowest BCUT2D eigenvalue weighted by Gasteiger charge is -2.26. The van der Waals surface area contributed by atoms with Crippen LogP contribution in [0.25, 0.3) is 6.08 Å². The molecule has 3 aromatic carbocycles. The van der Waals surface area contributed by atoms with Crippen LogP contribution in [0, 0.1) is 5.82 Å². The lowest BCUT2D eigenvalue weighted by atomic mass is 10.1. The maximum absolute atomic E-state index is 13.8. The number of hydrogen-bond donors (Lipinski definition) is 1. The molecule has 7 heteroatoms. The molecule has 6 nitrogen and oxygen atoms in total. The van der Waals surface area contributed by atoms with Crippen molar-refractivity contribution in [3.63, 3.8) is 0 Å². The predicted molar refractivity (Wildman–Crippen MR) is 113 cm³/mol. The first-order valence-corrected chi connectivity index (χ1v) is 9.46. The van der Waals surface area contributed by atoms with E-state index in [0.717, 1.165) is 4.90 Å². The van der Waals surface area contributed by atoms with Gasteiger partial charge in [-0.15, -0.1) is 0 Å². The predicted octanol–water partition coefficient (Wildman–Crippen LogP) is 4.07. The van der Waals surface area contributed by atoms with Crippen LogP contribution in [-0.2, 0) is 16.2 Å². The van der Waals surface area contributed by atoms with Crippen LogP contribution >= 0.6 is 0 Å². The van der Waals surface area contributed by atoms with Gasteiger partial charge in [-0.2, -0.15) is 0 Å². The van der Waals surface area contributed by atoms with Gasteiger partial charge in [-0.25, -0.2) is 14.1 Å². The summed E-state index contributed by atoms with van der Waals surface area (Å²) in [5, 5.41) is 2.18.